The SMILES string of the molecule is CC1CC(C)CN(C(=O)C(Cc2ccccc2)NS(=O)(=O)c2cccc3nsnc23)C1. The van der Waals surface area contributed by atoms with E-state index in [1.54, 1.807) is 17.0 Å². The second-order valence-corrected chi connectivity index (χ2v) is 10.7. The number of amides is 1. The van der Waals surface area contributed by atoms with Crippen LogP contribution in [-0.2, 0) is 21.2 Å². The number of fused-ring (bicyclic) bond motifs is 1. The number of carbonyl (C=O) groups excluding carboxylic acids is 1. The molecule has 1 aromatic heterocycles. The van der Waals surface area contributed by atoms with E-state index in [1.807, 2.05) is 30.3 Å². The minimum absolute atomic E-state index is 0.0463. The van der Waals surface area contributed by atoms with Crippen molar-refractivity contribution in [3.63, 3.8) is 0 Å². The number of likely N-dealkylation sites (tertiary alicyclic amines) is 1. The van der Waals surface area contributed by atoms with Crippen molar-refractivity contribution < 1.29 is 13.2 Å². The number of carbonyl (C=O) groups is 1. The summed E-state index contributed by atoms with van der Waals surface area (Å²) >= 11 is 0.967. The maximum atomic E-state index is 13.5. The fourth-order valence-corrected chi connectivity index (χ4v) is 6.30. The third-order valence-electron chi connectivity index (χ3n) is 5.60. The lowest BCUT2D eigenvalue weighted by Crippen LogP contribution is -2.53. The van der Waals surface area contributed by atoms with E-state index >= 15 is 0 Å². The summed E-state index contributed by atoms with van der Waals surface area (Å²) in [5.74, 6) is 0.586. The molecule has 0 spiro atoms. The van der Waals surface area contributed by atoms with Crippen LogP contribution in [0.1, 0.15) is 25.8 Å². The fourth-order valence-electron chi connectivity index (χ4n) is 4.34. The lowest BCUT2D eigenvalue weighted by molar-refractivity contribution is -0.135. The highest BCUT2D eigenvalue weighted by molar-refractivity contribution is 7.89. The number of hydrogen-bond donors (Lipinski definition) is 1. The summed E-state index contributed by atoms with van der Waals surface area (Å²) in [6.07, 6.45) is 1.35. The molecule has 3 aromatic rings. The van der Waals surface area contributed by atoms with Gasteiger partial charge in [0.1, 0.15) is 22.0 Å². The first-order valence-electron chi connectivity index (χ1n) is 10.4. The third kappa shape index (κ3) is 4.94. The van der Waals surface area contributed by atoms with Gasteiger partial charge in [0.2, 0.25) is 15.9 Å². The van der Waals surface area contributed by atoms with Crippen molar-refractivity contribution in [3.8, 4) is 0 Å². The van der Waals surface area contributed by atoms with Crippen molar-refractivity contribution in [2.24, 2.45) is 11.8 Å². The number of aromatic nitrogens is 2. The normalized spacial score (nSPS) is 20.6. The quantitative estimate of drug-likeness (QED) is 0.613. The first-order chi connectivity index (χ1) is 14.8. The largest absolute Gasteiger partial charge is 0.341 e. The molecule has 1 N–H and O–H groups in total. The Labute approximate surface area is 186 Å². The van der Waals surface area contributed by atoms with Crippen LogP contribution in [0.3, 0.4) is 0 Å². The highest BCUT2D eigenvalue weighted by Gasteiger charge is 2.33. The molecule has 0 radical (unpaired) electrons. The van der Waals surface area contributed by atoms with Gasteiger partial charge >= 0.3 is 0 Å². The van der Waals surface area contributed by atoms with Gasteiger partial charge in [-0.2, -0.15) is 13.5 Å². The summed E-state index contributed by atoms with van der Waals surface area (Å²) in [5.41, 5.74) is 1.75. The van der Waals surface area contributed by atoms with Crippen LogP contribution in [0.15, 0.2) is 53.4 Å². The molecule has 3 atom stereocenters. The van der Waals surface area contributed by atoms with Crippen molar-refractivity contribution in [1.82, 2.24) is 18.4 Å². The fraction of sp³-hybridized carbons (Fsp3) is 0.409. The summed E-state index contributed by atoms with van der Waals surface area (Å²) in [7, 11) is -3.98. The molecule has 0 saturated carbocycles. The average molecular weight is 459 g/mol. The molecule has 2 aromatic carbocycles. The number of benzene rings is 2. The second-order valence-electron chi connectivity index (χ2n) is 8.44. The van der Waals surface area contributed by atoms with Crippen LogP contribution in [0.25, 0.3) is 11.0 Å². The van der Waals surface area contributed by atoms with Crippen LogP contribution in [-0.4, -0.2) is 47.1 Å². The first kappa shape index (κ1) is 21.9. The number of nitrogens with one attached hydrogen (secondary N) is 1. The molecule has 3 unspecified atom stereocenters. The summed E-state index contributed by atoms with van der Waals surface area (Å²) < 4.78 is 37.6. The zero-order valence-corrected chi connectivity index (χ0v) is 19.2. The molecular weight excluding hydrogens is 432 g/mol. The third-order valence-corrected chi connectivity index (χ3v) is 7.64. The van der Waals surface area contributed by atoms with Crippen molar-refractivity contribution in [2.45, 2.75) is 37.6 Å². The molecule has 7 nitrogen and oxygen atoms in total. The Morgan fingerprint density at radius 2 is 1.81 bits per heavy atom. The van der Waals surface area contributed by atoms with E-state index in [-0.39, 0.29) is 17.2 Å². The van der Waals surface area contributed by atoms with Gasteiger partial charge in [-0.25, -0.2) is 8.42 Å². The standard InChI is InChI=1S/C22H26N4O3S2/c1-15-11-16(2)14-26(13-15)22(27)19(12-17-7-4-3-5-8-17)25-31(28,29)20-10-6-9-18-21(20)24-30-23-18/h3-10,15-16,19,25H,11-14H2,1-2H3. The van der Waals surface area contributed by atoms with Gasteiger partial charge in [-0.1, -0.05) is 50.2 Å². The lowest BCUT2D eigenvalue weighted by atomic mass is 9.91. The van der Waals surface area contributed by atoms with E-state index in [0.29, 0.717) is 36.0 Å². The molecule has 0 bridgehead atoms. The Hall–Kier alpha value is -2.36. The Morgan fingerprint density at radius 1 is 1.10 bits per heavy atom. The Morgan fingerprint density at radius 3 is 2.52 bits per heavy atom. The van der Waals surface area contributed by atoms with Gasteiger partial charge in [0.05, 0.1) is 11.7 Å². The van der Waals surface area contributed by atoms with E-state index in [9.17, 15) is 13.2 Å². The van der Waals surface area contributed by atoms with E-state index in [1.165, 1.54) is 6.07 Å². The number of piperidine rings is 1. The Kier molecular flexibility index (Phi) is 6.36. The predicted molar refractivity (Wildman–Crippen MR) is 121 cm³/mol. The number of sulfonamides is 1. The molecule has 2 heterocycles. The van der Waals surface area contributed by atoms with E-state index in [2.05, 4.69) is 27.3 Å². The highest BCUT2D eigenvalue weighted by atomic mass is 32.2. The molecule has 1 amide bonds. The van der Waals surface area contributed by atoms with Crippen molar-refractivity contribution in [3.05, 3.63) is 54.1 Å². The van der Waals surface area contributed by atoms with E-state index < -0.39 is 16.1 Å². The maximum absolute atomic E-state index is 13.5. The summed E-state index contributed by atoms with van der Waals surface area (Å²) in [4.78, 5) is 15.3. The zero-order chi connectivity index (χ0) is 22.0. The molecule has 9 heteroatoms. The minimum atomic E-state index is -3.98. The Balaban J connectivity index is 1.65. The van der Waals surface area contributed by atoms with Crippen LogP contribution in [0.5, 0.6) is 0 Å². The van der Waals surface area contributed by atoms with E-state index in [4.69, 9.17) is 0 Å². The van der Waals surface area contributed by atoms with Crippen LogP contribution >= 0.6 is 11.7 Å². The van der Waals surface area contributed by atoms with Gasteiger partial charge in [-0.05, 0) is 42.4 Å². The minimum Gasteiger partial charge on any atom is -0.341 e. The monoisotopic (exact) mass is 458 g/mol. The molecule has 1 aliphatic rings. The number of nitrogens with zero attached hydrogens (tertiary/aromatic N) is 3. The number of rotatable bonds is 6. The highest BCUT2D eigenvalue weighted by Crippen LogP contribution is 2.24. The topological polar surface area (TPSA) is 92.3 Å². The average Bonchev–Trinajstić information content (AvgIpc) is 3.21. The van der Waals surface area contributed by atoms with Gasteiger partial charge in [0.25, 0.3) is 0 Å². The molecular formula is C22H26N4O3S2. The van der Waals surface area contributed by atoms with Gasteiger partial charge in [-0.3, -0.25) is 4.79 Å². The summed E-state index contributed by atoms with van der Waals surface area (Å²) in [6.45, 7) is 5.54. The molecule has 164 valence electrons. The van der Waals surface area contributed by atoms with Gasteiger partial charge < -0.3 is 4.90 Å². The van der Waals surface area contributed by atoms with Crippen LogP contribution in [0, 0.1) is 11.8 Å². The van der Waals surface area contributed by atoms with Crippen LogP contribution in [0.4, 0.5) is 0 Å². The maximum Gasteiger partial charge on any atom is 0.243 e. The first-order valence-corrected chi connectivity index (χ1v) is 12.6. The van der Waals surface area contributed by atoms with Crippen LogP contribution in [0.2, 0.25) is 0 Å². The molecule has 4 rings (SSSR count). The zero-order valence-electron chi connectivity index (χ0n) is 17.6. The molecule has 1 aliphatic heterocycles. The second kappa shape index (κ2) is 9.02. The number of hydrogen-bond acceptors (Lipinski definition) is 6. The van der Waals surface area contributed by atoms with Crippen molar-refractivity contribution in [1.29, 1.82) is 0 Å². The molecule has 1 saturated heterocycles. The van der Waals surface area contributed by atoms with Gasteiger partial charge in [-0.15, -0.1) is 0 Å². The van der Waals surface area contributed by atoms with Crippen molar-refractivity contribution >= 4 is 38.7 Å². The van der Waals surface area contributed by atoms with Gasteiger partial charge in [0, 0.05) is 13.1 Å². The van der Waals surface area contributed by atoms with Gasteiger partial charge in [0.15, 0.2) is 0 Å². The van der Waals surface area contributed by atoms with Crippen molar-refractivity contribution in [2.75, 3.05) is 13.1 Å². The predicted octanol–water partition coefficient (Wildman–Crippen LogP) is 3.09. The molecule has 31 heavy (non-hydrogen) atoms. The summed E-state index contributed by atoms with van der Waals surface area (Å²) in [5, 5.41) is 0. The smallest absolute Gasteiger partial charge is 0.243 e. The van der Waals surface area contributed by atoms with Crippen LogP contribution < -0.4 is 4.72 Å². The lowest BCUT2D eigenvalue weighted by Gasteiger charge is -2.37. The molecule has 0 aliphatic carbocycles. The molecule has 1 fully saturated rings. The summed E-state index contributed by atoms with van der Waals surface area (Å²) in [6, 6.07) is 13.4. The van der Waals surface area contributed by atoms with E-state index in [0.717, 1.165) is 23.7 Å². The Bertz CT molecular complexity index is 1150.